The van der Waals surface area contributed by atoms with Crippen LogP contribution >= 0.6 is 0 Å². The molecule has 0 unspecified atom stereocenters. The average molecular weight is 651 g/mol. The van der Waals surface area contributed by atoms with Gasteiger partial charge in [0.15, 0.2) is 23.9 Å². The van der Waals surface area contributed by atoms with Crippen LogP contribution in [0.15, 0.2) is 73.3 Å². The summed E-state index contributed by atoms with van der Waals surface area (Å²) >= 11 is 0. The highest BCUT2D eigenvalue weighted by Gasteiger charge is 2.08. The van der Waals surface area contributed by atoms with Gasteiger partial charge >= 0.3 is 0 Å². The van der Waals surface area contributed by atoms with E-state index in [2.05, 4.69) is 59.9 Å². The standard InChI is InChI=1S/C32H46N2O2.2BrH/c1-3-5-7-9-11-13-23-33-25-15-17-31(27-33)35-29-19-21-30(22-20-29)36-32-18-16-26-34(28-32)24-14-12-10-8-6-4-2;;/h15-22,25-28H,3-14,23-24H2,1-2H3;2*1H/q+2;;/p-2. The van der Waals surface area contributed by atoms with Gasteiger partial charge in [0.25, 0.3) is 0 Å². The molecule has 38 heavy (non-hydrogen) atoms. The fourth-order valence-corrected chi connectivity index (χ4v) is 4.39. The first-order valence-electron chi connectivity index (χ1n) is 14.2. The van der Waals surface area contributed by atoms with E-state index in [0.717, 1.165) is 36.1 Å². The second-order valence-corrected chi connectivity index (χ2v) is 9.77. The monoisotopic (exact) mass is 648 g/mol. The first kappa shape index (κ1) is 34.1. The minimum Gasteiger partial charge on any atom is -1.00 e. The summed E-state index contributed by atoms with van der Waals surface area (Å²) < 4.78 is 16.7. The molecule has 210 valence electrons. The number of halogens is 2. The van der Waals surface area contributed by atoms with Crippen molar-refractivity contribution < 1.29 is 52.6 Å². The predicted molar refractivity (Wildman–Crippen MR) is 147 cm³/mol. The van der Waals surface area contributed by atoms with E-state index in [4.69, 9.17) is 9.47 Å². The molecular formula is C32H46Br2N2O2. The number of benzene rings is 1. The van der Waals surface area contributed by atoms with Gasteiger partial charge in [0.05, 0.1) is 0 Å². The number of hydrogen-bond donors (Lipinski definition) is 0. The number of pyridine rings is 2. The fraction of sp³-hybridized carbons (Fsp3) is 0.500. The Morgan fingerprint density at radius 3 is 1.24 bits per heavy atom. The van der Waals surface area contributed by atoms with Gasteiger partial charge in [-0.3, -0.25) is 0 Å². The average Bonchev–Trinajstić information content (AvgIpc) is 2.90. The molecule has 6 heteroatoms. The van der Waals surface area contributed by atoms with E-state index in [-0.39, 0.29) is 34.0 Å². The highest BCUT2D eigenvalue weighted by atomic mass is 79.9. The number of rotatable bonds is 18. The van der Waals surface area contributed by atoms with Gasteiger partial charge < -0.3 is 43.4 Å². The summed E-state index contributed by atoms with van der Waals surface area (Å²) in [5.74, 6) is 3.34. The summed E-state index contributed by atoms with van der Waals surface area (Å²) in [6.45, 7) is 6.59. The Kier molecular flexibility index (Phi) is 18.8. The Balaban J connectivity index is 0.00000361. The van der Waals surface area contributed by atoms with E-state index in [1.54, 1.807) is 0 Å². The zero-order chi connectivity index (χ0) is 25.3. The van der Waals surface area contributed by atoms with Gasteiger partial charge in [-0.1, -0.05) is 65.2 Å². The van der Waals surface area contributed by atoms with Gasteiger partial charge in [-0.15, -0.1) is 0 Å². The highest BCUT2D eigenvalue weighted by molar-refractivity contribution is 5.36. The van der Waals surface area contributed by atoms with Gasteiger partial charge in [0.1, 0.15) is 24.6 Å². The van der Waals surface area contributed by atoms with Crippen molar-refractivity contribution in [2.75, 3.05) is 0 Å². The minimum absolute atomic E-state index is 0. The van der Waals surface area contributed by atoms with Crippen LogP contribution in [0.2, 0.25) is 0 Å². The molecule has 0 bridgehead atoms. The van der Waals surface area contributed by atoms with Crippen LogP contribution in [0.3, 0.4) is 0 Å². The highest BCUT2D eigenvalue weighted by Crippen LogP contribution is 2.25. The third-order valence-corrected chi connectivity index (χ3v) is 6.50. The summed E-state index contributed by atoms with van der Waals surface area (Å²) in [4.78, 5) is 0. The number of aryl methyl sites for hydroxylation is 2. The van der Waals surface area contributed by atoms with Gasteiger partial charge in [-0.2, -0.15) is 0 Å². The maximum absolute atomic E-state index is 6.10. The SMILES string of the molecule is CCCCCCCC[n+]1cccc(Oc2ccc(Oc3ccc[n+](CCCCCCCC)c3)cc2)c1.[Br-].[Br-]. The van der Waals surface area contributed by atoms with Crippen molar-refractivity contribution in [3.05, 3.63) is 73.3 Å². The Labute approximate surface area is 251 Å². The predicted octanol–water partition coefficient (Wildman–Crippen LogP) is 2.58. The summed E-state index contributed by atoms with van der Waals surface area (Å²) in [5, 5.41) is 0. The topological polar surface area (TPSA) is 26.2 Å². The first-order chi connectivity index (χ1) is 17.8. The van der Waals surface area contributed by atoms with Crippen LogP contribution < -0.4 is 52.6 Å². The molecule has 0 saturated heterocycles. The molecule has 1 aromatic carbocycles. The van der Waals surface area contributed by atoms with Crippen molar-refractivity contribution in [1.82, 2.24) is 0 Å². The lowest BCUT2D eigenvalue weighted by molar-refractivity contribution is -0.697. The lowest BCUT2D eigenvalue weighted by atomic mass is 10.1. The summed E-state index contributed by atoms with van der Waals surface area (Å²) in [6, 6.07) is 16.0. The van der Waals surface area contributed by atoms with Crippen molar-refractivity contribution in [3.63, 3.8) is 0 Å². The van der Waals surface area contributed by atoms with E-state index >= 15 is 0 Å². The molecule has 3 rings (SSSR count). The van der Waals surface area contributed by atoms with E-state index in [1.165, 1.54) is 77.0 Å². The zero-order valence-corrected chi connectivity index (χ0v) is 26.5. The molecule has 0 spiro atoms. The fourth-order valence-electron chi connectivity index (χ4n) is 4.39. The number of aromatic nitrogens is 2. The van der Waals surface area contributed by atoms with Crippen molar-refractivity contribution in [3.8, 4) is 23.0 Å². The first-order valence-corrected chi connectivity index (χ1v) is 14.2. The Hall–Kier alpha value is -1.92. The molecule has 0 aliphatic rings. The molecule has 2 aromatic heterocycles. The summed E-state index contributed by atoms with van der Waals surface area (Å²) in [7, 11) is 0. The second-order valence-electron chi connectivity index (χ2n) is 9.77. The number of ether oxygens (including phenoxy) is 2. The maximum atomic E-state index is 6.10. The summed E-state index contributed by atoms with van der Waals surface area (Å²) in [6.07, 6.45) is 24.1. The van der Waals surface area contributed by atoms with Gasteiger partial charge in [-0.05, 0) is 49.2 Å². The smallest absolute Gasteiger partial charge is 0.211 e. The van der Waals surface area contributed by atoms with Crippen LogP contribution in [-0.2, 0) is 13.1 Å². The Morgan fingerprint density at radius 1 is 0.474 bits per heavy atom. The second kappa shape index (κ2) is 21.0. The Bertz CT molecular complexity index is 918. The molecule has 0 aliphatic carbocycles. The largest absolute Gasteiger partial charge is 1.00 e. The van der Waals surface area contributed by atoms with E-state index < -0.39 is 0 Å². The van der Waals surface area contributed by atoms with E-state index in [0.29, 0.717) is 0 Å². The van der Waals surface area contributed by atoms with Crippen molar-refractivity contribution in [2.24, 2.45) is 0 Å². The molecule has 2 heterocycles. The maximum Gasteiger partial charge on any atom is 0.211 e. The number of hydrogen-bond acceptors (Lipinski definition) is 2. The van der Waals surface area contributed by atoms with Crippen LogP contribution in [-0.4, -0.2) is 0 Å². The lowest BCUT2D eigenvalue weighted by Crippen LogP contribution is -3.00. The van der Waals surface area contributed by atoms with Crippen LogP contribution in [0.4, 0.5) is 0 Å². The van der Waals surface area contributed by atoms with E-state index in [9.17, 15) is 0 Å². The Morgan fingerprint density at radius 2 is 0.842 bits per heavy atom. The van der Waals surface area contributed by atoms with Gasteiger partial charge in [-0.25, -0.2) is 9.13 Å². The number of nitrogens with zero attached hydrogens (tertiary/aromatic N) is 2. The van der Waals surface area contributed by atoms with Crippen molar-refractivity contribution in [2.45, 2.75) is 104 Å². The van der Waals surface area contributed by atoms with Gasteiger partial charge in [0, 0.05) is 25.0 Å². The molecular weight excluding hydrogens is 604 g/mol. The molecule has 0 atom stereocenters. The summed E-state index contributed by atoms with van der Waals surface area (Å²) in [5.41, 5.74) is 0. The molecule has 0 aliphatic heterocycles. The van der Waals surface area contributed by atoms with Crippen LogP contribution in [0, 0.1) is 0 Å². The number of unbranched alkanes of at least 4 members (excludes halogenated alkanes) is 10. The molecule has 0 saturated carbocycles. The quantitative estimate of drug-likeness (QED) is 0.157. The molecule has 0 amide bonds. The van der Waals surface area contributed by atoms with Crippen molar-refractivity contribution >= 4 is 0 Å². The molecule has 0 fully saturated rings. The zero-order valence-electron chi connectivity index (χ0n) is 23.3. The molecule has 3 aromatic rings. The normalized spacial score (nSPS) is 10.4. The molecule has 0 radical (unpaired) electrons. The van der Waals surface area contributed by atoms with Crippen LogP contribution in [0.25, 0.3) is 0 Å². The lowest BCUT2D eigenvalue weighted by Gasteiger charge is -2.08. The molecule has 0 N–H and O–H groups in total. The van der Waals surface area contributed by atoms with Crippen LogP contribution in [0.1, 0.15) is 90.9 Å². The van der Waals surface area contributed by atoms with Crippen LogP contribution in [0.5, 0.6) is 23.0 Å². The molecule has 4 nitrogen and oxygen atoms in total. The van der Waals surface area contributed by atoms with Crippen molar-refractivity contribution in [1.29, 1.82) is 0 Å². The third kappa shape index (κ3) is 13.7. The van der Waals surface area contributed by atoms with E-state index in [1.807, 2.05) is 36.4 Å². The third-order valence-electron chi connectivity index (χ3n) is 6.50. The minimum atomic E-state index is 0. The van der Waals surface area contributed by atoms with Gasteiger partial charge in [0.2, 0.25) is 12.4 Å².